The van der Waals surface area contributed by atoms with Crippen molar-refractivity contribution < 1.29 is 14.1 Å². The average molecular weight is 504 g/mol. The highest BCUT2D eigenvalue weighted by Crippen LogP contribution is 2.38. The zero-order valence-corrected chi connectivity index (χ0v) is 20.4. The number of H-pyrrole nitrogens is 1. The molecule has 0 saturated carbocycles. The Bertz CT molecular complexity index is 1550. The number of rotatable bonds is 5. The second-order valence-electron chi connectivity index (χ2n) is 9.00. The van der Waals surface area contributed by atoms with Crippen molar-refractivity contribution in [2.75, 3.05) is 10.6 Å². The molecule has 3 heterocycles. The molecule has 11 heteroatoms. The maximum atomic E-state index is 12.4. The number of anilines is 2. The van der Waals surface area contributed by atoms with Crippen LogP contribution < -0.4 is 15.4 Å². The van der Waals surface area contributed by atoms with E-state index in [1.807, 2.05) is 45.0 Å². The molecule has 3 N–H and O–H groups in total. The predicted molar refractivity (Wildman–Crippen MR) is 136 cm³/mol. The molecule has 0 unspecified atom stereocenters. The molecule has 5 aromatic rings. The molecule has 2 aromatic carbocycles. The molecule has 182 valence electrons. The van der Waals surface area contributed by atoms with Crippen molar-refractivity contribution in [3.05, 3.63) is 71.8 Å². The zero-order chi connectivity index (χ0) is 25.3. The van der Waals surface area contributed by atoms with Gasteiger partial charge in [0.05, 0.1) is 22.3 Å². The minimum absolute atomic E-state index is 0.219. The van der Waals surface area contributed by atoms with Crippen molar-refractivity contribution in [1.82, 2.24) is 25.3 Å². The summed E-state index contributed by atoms with van der Waals surface area (Å²) in [6.07, 6.45) is 3.14. The summed E-state index contributed by atoms with van der Waals surface area (Å²) in [5.41, 5.74) is 2.32. The first-order valence-corrected chi connectivity index (χ1v) is 11.4. The lowest BCUT2D eigenvalue weighted by molar-refractivity contribution is 0.262. The highest BCUT2D eigenvalue weighted by Gasteiger charge is 2.20. The van der Waals surface area contributed by atoms with Gasteiger partial charge in [0, 0.05) is 22.7 Å². The third-order valence-electron chi connectivity index (χ3n) is 5.29. The minimum Gasteiger partial charge on any atom is -0.455 e. The molecule has 0 fully saturated rings. The van der Waals surface area contributed by atoms with Crippen LogP contribution in [-0.4, -0.2) is 31.4 Å². The summed E-state index contributed by atoms with van der Waals surface area (Å²) < 4.78 is 11.4. The highest BCUT2D eigenvalue weighted by atomic mass is 35.5. The molecule has 0 saturated heterocycles. The van der Waals surface area contributed by atoms with Crippen molar-refractivity contribution in [2.45, 2.75) is 26.2 Å². The number of halogens is 1. The van der Waals surface area contributed by atoms with Crippen LogP contribution in [0, 0.1) is 0 Å². The Morgan fingerprint density at radius 2 is 1.89 bits per heavy atom. The van der Waals surface area contributed by atoms with E-state index >= 15 is 0 Å². The fourth-order valence-electron chi connectivity index (χ4n) is 3.48. The lowest BCUT2D eigenvalue weighted by Crippen LogP contribution is -2.19. The Balaban J connectivity index is 1.32. The highest BCUT2D eigenvalue weighted by molar-refractivity contribution is 6.32. The Morgan fingerprint density at radius 3 is 2.67 bits per heavy atom. The van der Waals surface area contributed by atoms with Crippen molar-refractivity contribution in [1.29, 1.82) is 0 Å². The molecule has 0 atom stereocenters. The predicted octanol–water partition coefficient (Wildman–Crippen LogP) is 6.40. The third-order valence-corrected chi connectivity index (χ3v) is 5.59. The molecular weight excluding hydrogens is 482 g/mol. The van der Waals surface area contributed by atoms with Crippen LogP contribution in [0.25, 0.3) is 22.3 Å². The van der Waals surface area contributed by atoms with E-state index < -0.39 is 6.03 Å². The lowest BCUT2D eigenvalue weighted by Gasteiger charge is -2.13. The number of nitrogens with zero attached hydrogens (tertiary/aromatic N) is 4. The topological polar surface area (TPSA) is 131 Å². The lowest BCUT2D eigenvalue weighted by atomic mass is 9.93. The number of carbonyl (C=O) groups excluding carboxylic acids is 1. The summed E-state index contributed by atoms with van der Waals surface area (Å²) in [7, 11) is 0. The molecule has 0 aliphatic carbocycles. The molecular formula is C25H22ClN7O3. The molecule has 0 aliphatic rings. The maximum absolute atomic E-state index is 12.4. The third kappa shape index (κ3) is 4.84. The molecule has 3 aromatic heterocycles. The fourth-order valence-corrected chi connectivity index (χ4v) is 3.70. The van der Waals surface area contributed by atoms with Crippen molar-refractivity contribution in [3.8, 4) is 22.8 Å². The summed E-state index contributed by atoms with van der Waals surface area (Å²) in [5.74, 6) is 1.95. The van der Waals surface area contributed by atoms with Gasteiger partial charge in [-0.2, -0.15) is 5.10 Å². The Hall–Kier alpha value is -4.44. The van der Waals surface area contributed by atoms with E-state index in [9.17, 15) is 4.79 Å². The van der Waals surface area contributed by atoms with E-state index in [0.29, 0.717) is 45.1 Å². The van der Waals surface area contributed by atoms with Gasteiger partial charge in [0.2, 0.25) is 0 Å². The van der Waals surface area contributed by atoms with E-state index in [4.69, 9.17) is 20.9 Å². The smallest absolute Gasteiger partial charge is 0.324 e. The summed E-state index contributed by atoms with van der Waals surface area (Å²) in [4.78, 5) is 21.0. The SMILES string of the molecule is CC(C)(C)c1cc(NC(=O)Nc2ccc(Oc3ccccc3-c3ncnc4[nH]ncc34)c(Cl)c2)no1. The molecule has 0 spiro atoms. The Labute approximate surface area is 211 Å². The van der Waals surface area contributed by atoms with E-state index in [1.54, 1.807) is 30.5 Å². The number of hydrogen-bond donors (Lipinski definition) is 3. The number of urea groups is 1. The number of fused-ring (bicyclic) bond motifs is 1. The summed E-state index contributed by atoms with van der Waals surface area (Å²) in [6, 6.07) is 13.6. The number of nitrogens with one attached hydrogen (secondary N) is 3. The average Bonchev–Trinajstić information content (AvgIpc) is 3.51. The quantitative estimate of drug-likeness (QED) is 0.253. The van der Waals surface area contributed by atoms with Gasteiger partial charge in [-0.25, -0.2) is 14.8 Å². The fraction of sp³-hybridized carbons (Fsp3) is 0.160. The van der Waals surface area contributed by atoms with Crippen LogP contribution in [0.5, 0.6) is 11.5 Å². The van der Waals surface area contributed by atoms with E-state index in [0.717, 1.165) is 10.9 Å². The molecule has 0 aliphatic heterocycles. The number of aromatic amines is 1. The van der Waals surface area contributed by atoms with Crippen LogP contribution in [0.1, 0.15) is 26.5 Å². The largest absolute Gasteiger partial charge is 0.455 e. The van der Waals surface area contributed by atoms with Gasteiger partial charge >= 0.3 is 6.03 Å². The molecule has 0 bridgehead atoms. The van der Waals surface area contributed by atoms with Crippen LogP contribution in [0.2, 0.25) is 5.02 Å². The van der Waals surface area contributed by atoms with Gasteiger partial charge < -0.3 is 14.6 Å². The van der Waals surface area contributed by atoms with Gasteiger partial charge in [-0.3, -0.25) is 10.4 Å². The van der Waals surface area contributed by atoms with Crippen LogP contribution in [-0.2, 0) is 5.41 Å². The maximum Gasteiger partial charge on any atom is 0.324 e. The number of amides is 2. The van der Waals surface area contributed by atoms with Crippen molar-refractivity contribution in [2.24, 2.45) is 0 Å². The van der Waals surface area contributed by atoms with Gasteiger partial charge in [-0.15, -0.1) is 0 Å². The summed E-state index contributed by atoms with van der Waals surface area (Å²) >= 11 is 6.49. The first kappa shape index (κ1) is 23.3. The summed E-state index contributed by atoms with van der Waals surface area (Å²) in [6.45, 7) is 5.98. The molecule has 36 heavy (non-hydrogen) atoms. The number of aromatic nitrogens is 5. The minimum atomic E-state index is -0.480. The Morgan fingerprint density at radius 1 is 1.06 bits per heavy atom. The van der Waals surface area contributed by atoms with Gasteiger partial charge in [0.15, 0.2) is 11.5 Å². The van der Waals surface area contributed by atoms with E-state index in [2.05, 4.69) is 36.0 Å². The number of para-hydroxylation sites is 1. The normalized spacial score (nSPS) is 11.4. The van der Waals surface area contributed by atoms with Crippen molar-refractivity contribution in [3.63, 3.8) is 0 Å². The molecule has 5 rings (SSSR count). The van der Waals surface area contributed by atoms with Crippen molar-refractivity contribution >= 4 is 40.2 Å². The van der Waals surface area contributed by atoms with E-state index in [-0.39, 0.29) is 5.41 Å². The van der Waals surface area contributed by atoms with Crippen LogP contribution in [0.4, 0.5) is 16.3 Å². The monoisotopic (exact) mass is 503 g/mol. The first-order chi connectivity index (χ1) is 17.3. The number of carbonyl (C=O) groups is 1. The molecule has 2 amide bonds. The van der Waals surface area contributed by atoms with Crippen LogP contribution in [0.15, 0.2) is 65.6 Å². The summed E-state index contributed by atoms with van der Waals surface area (Å²) in [5, 5.41) is 17.2. The Kier molecular flexibility index (Phi) is 6.03. The van der Waals surface area contributed by atoms with Crippen LogP contribution >= 0.6 is 11.6 Å². The van der Waals surface area contributed by atoms with Gasteiger partial charge in [0.1, 0.15) is 23.6 Å². The van der Waals surface area contributed by atoms with E-state index in [1.165, 1.54) is 6.33 Å². The van der Waals surface area contributed by atoms with Crippen LogP contribution in [0.3, 0.4) is 0 Å². The standard InChI is InChI=1S/C25H22ClN7O3/c1-25(2,3)20-11-21(33-36-20)31-24(34)30-14-8-9-19(17(26)10-14)35-18-7-5-4-6-15(18)22-16-12-29-32-23(16)28-13-27-22/h4-13H,1-3H3,(H,27,28,29,32)(H2,30,31,33,34). The van der Waals surface area contributed by atoms with Gasteiger partial charge in [-0.1, -0.05) is 49.7 Å². The zero-order valence-electron chi connectivity index (χ0n) is 19.7. The second-order valence-corrected chi connectivity index (χ2v) is 9.41. The second kappa shape index (κ2) is 9.31. The molecule has 0 radical (unpaired) electrons. The van der Waals surface area contributed by atoms with Gasteiger partial charge in [0.25, 0.3) is 0 Å². The first-order valence-electron chi connectivity index (χ1n) is 11.0. The number of hydrogen-bond acceptors (Lipinski definition) is 7. The number of ether oxygens (including phenoxy) is 1. The van der Waals surface area contributed by atoms with Gasteiger partial charge in [-0.05, 0) is 30.3 Å². The molecule has 10 nitrogen and oxygen atoms in total. The number of benzene rings is 2.